The van der Waals surface area contributed by atoms with E-state index in [0.717, 1.165) is 5.57 Å². The van der Waals surface area contributed by atoms with Gasteiger partial charge < -0.3 is 29.9 Å². The normalized spacial score (nSPS) is 57.9. The molecular formula is C28H38O8. The van der Waals surface area contributed by atoms with Crippen molar-refractivity contribution in [2.45, 2.75) is 102 Å². The van der Waals surface area contributed by atoms with Crippen LogP contribution in [0.3, 0.4) is 0 Å². The van der Waals surface area contributed by atoms with Crippen LogP contribution in [-0.4, -0.2) is 67.5 Å². The summed E-state index contributed by atoms with van der Waals surface area (Å²) in [5.74, 6) is -3.82. The Balaban J connectivity index is 1.48. The number of carbonyl (C=O) groups is 2. The summed E-state index contributed by atoms with van der Waals surface area (Å²) in [4.78, 5) is 25.8. The van der Waals surface area contributed by atoms with Crippen molar-refractivity contribution in [1.82, 2.24) is 0 Å². The summed E-state index contributed by atoms with van der Waals surface area (Å²) in [5, 5.41) is 47.6. The van der Waals surface area contributed by atoms with Crippen LogP contribution in [0.2, 0.25) is 0 Å². The van der Waals surface area contributed by atoms with Gasteiger partial charge in [-0.15, -0.1) is 0 Å². The zero-order valence-corrected chi connectivity index (χ0v) is 21.7. The number of ether oxygens (including phenoxy) is 2. The van der Waals surface area contributed by atoms with E-state index in [1.54, 1.807) is 19.9 Å². The average Bonchev–Trinajstić information content (AvgIpc) is 3.25. The summed E-state index contributed by atoms with van der Waals surface area (Å²) < 4.78 is 12.2. The Hall–Kier alpha value is -1.58. The fourth-order valence-corrected chi connectivity index (χ4v) is 9.57. The van der Waals surface area contributed by atoms with Crippen LogP contribution >= 0.6 is 0 Å². The Morgan fingerprint density at radius 2 is 1.75 bits per heavy atom. The fraction of sp³-hybridized carbons (Fsp3) is 0.786. The van der Waals surface area contributed by atoms with Gasteiger partial charge in [0.15, 0.2) is 17.7 Å². The van der Waals surface area contributed by atoms with E-state index in [9.17, 15) is 30.0 Å². The number of ketones is 1. The van der Waals surface area contributed by atoms with Crippen molar-refractivity contribution in [2.24, 2.45) is 34.5 Å². The fourth-order valence-electron chi connectivity index (χ4n) is 9.57. The summed E-state index contributed by atoms with van der Waals surface area (Å²) in [6, 6.07) is 0. The molecule has 36 heavy (non-hydrogen) atoms. The second-order valence-electron chi connectivity index (χ2n) is 12.9. The molecule has 0 aromatic rings. The van der Waals surface area contributed by atoms with Crippen LogP contribution < -0.4 is 0 Å². The molecule has 0 bridgehead atoms. The molecule has 12 atom stereocenters. The first-order valence-electron chi connectivity index (χ1n) is 13.3. The zero-order valence-electron chi connectivity index (χ0n) is 21.7. The summed E-state index contributed by atoms with van der Waals surface area (Å²) in [6.07, 6.45) is 2.02. The molecule has 4 unspecified atom stereocenters. The number of rotatable bonds is 1. The van der Waals surface area contributed by atoms with Crippen molar-refractivity contribution in [3.8, 4) is 0 Å². The molecule has 0 radical (unpaired) electrons. The van der Waals surface area contributed by atoms with Crippen LogP contribution in [0.5, 0.6) is 0 Å². The summed E-state index contributed by atoms with van der Waals surface area (Å²) in [7, 11) is 0. The maximum absolute atomic E-state index is 13.4. The van der Waals surface area contributed by atoms with Gasteiger partial charge >= 0.3 is 5.97 Å². The Bertz CT molecular complexity index is 1110. The van der Waals surface area contributed by atoms with Gasteiger partial charge in [-0.05, 0) is 75.9 Å². The van der Waals surface area contributed by atoms with E-state index < -0.39 is 63.9 Å². The van der Waals surface area contributed by atoms with Gasteiger partial charge in [-0.2, -0.15) is 0 Å². The van der Waals surface area contributed by atoms with Gasteiger partial charge in [0.25, 0.3) is 0 Å². The lowest BCUT2D eigenvalue weighted by atomic mass is 9.40. The van der Waals surface area contributed by atoms with Gasteiger partial charge in [0.1, 0.15) is 11.7 Å². The largest absolute Gasteiger partial charge is 0.452 e. The van der Waals surface area contributed by atoms with Crippen LogP contribution in [-0.2, 0) is 19.1 Å². The maximum atomic E-state index is 13.4. The smallest absolute Gasteiger partial charge is 0.334 e. The summed E-state index contributed by atoms with van der Waals surface area (Å²) >= 11 is 0. The highest BCUT2D eigenvalue weighted by molar-refractivity contribution is 5.97. The number of cyclic esters (lactones) is 1. The Labute approximate surface area is 211 Å². The molecule has 1 saturated heterocycles. The standard InChI is InChI=1S/C28H38O8/c1-13-14(2)23(31)35-21(13)22-15(3)26(32)10-8-17-16-11-20(30)27(33)9-6-7-19(29)24(27,4)18(16)12-28(34,36-22)25(17,26)5/h6-7,15-18,20-22,30,32-34H,8-12H2,1-5H3/t15-,16?,17?,18?,20-,21?,22+,24+,25+,26-,27+,28+/m1/s1. The molecule has 2 heterocycles. The number of aliphatic hydroxyl groups excluding tert-OH is 1. The number of carbonyl (C=O) groups excluding carboxylic acids is 2. The topological polar surface area (TPSA) is 134 Å². The first-order valence-corrected chi connectivity index (χ1v) is 13.3. The minimum atomic E-state index is -1.82. The van der Waals surface area contributed by atoms with E-state index in [1.165, 1.54) is 6.08 Å². The maximum Gasteiger partial charge on any atom is 0.334 e. The van der Waals surface area contributed by atoms with E-state index in [-0.39, 0.29) is 30.5 Å². The highest BCUT2D eigenvalue weighted by Crippen LogP contribution is 2.74. The van der Waals surface area contributed by atoms with Gasteiger partial charge in [-0.25, -0.2) is 4.79 Å². The van der Waals surface area contributed by atoms with Crippen molar-refractivity contribution < 1.29 is 39.5 Å². The zero-order chi connectivity index (χ0) is 26.2. The molecule has 198 valence electrons. The molecule has 8 nitrogen and oxygen atoms in total. The first-order chi connectivity index (χ1) is 16.7. The molecule has 4 fully saturated rings. The minimum Gasteiger partial charge on any atom is -0.452 e. The van der Waals surface area contributed by atoms with Gasteiger partial charge in [0, 0.05) is 17.9 Å². The molecule has 0 aromatic carbocycles. The highest BCUT2D eigenvalue weighted by Gasteiger charge is 2.80. The van der Waals surface area contributed by atoms with Crippen molar-refractivity contribution in [3.05, 3.63) is 23.3 Å². The number of esters is 1. The Morgan fingerprint density at radius 3 is 2.39 bits per heavy atom. The van der Waals surface area contributed by atoms with Gasteiger partial charge in [-0.1, -0.05) is 19.9 Å². The summed E-state index contributed by atoms with van der Waals surface area (Å²) in [6.45, 7) is 8.99. The first kappa shape index (κ1) is 24.7. The molecule has 2 aliphatic heterocycles. The number of hydrogen-bond acceptors (Lipinski definition) is 8. The second-order valence-corrected chi connectivity index (χ2v) is 12.9. The highest BCUT2D eigenvalue weighted by atomic mass is 16.7. The van der Waals surface area contributed by atoms with Crippen molar-refractivity contribution in [3.63, 3.8) is 0 Å². The molecule has 0 spiro atoms. The van der Waals surface area contributed by atoms with E-state index in [4.69, 9.17) is 9.47 Å². The predicted octanol–water partition coefficient (Wildman–Crippen LogP) is 1.79. The molecule has 6 aliphatic rings. The predicted molar refractivity (Wildman–Crippen MR) is 127 cm³/mol. The average molecular weight is 503 g/mol. The molecule has 8 heteroatoms. The number of aliphatic hydroxyl groups is 4. The molecule has 4 N–H and O–H groups in total. The number of hydrogen-bond donors (Lipinski definition) is 4. The minimum absolute atomic E-state index is 0.0315. The lowest BCUT2D eigenvalue weighted by molar-refractivity contribution is -0.419. The van der Waals surface area contributed by atoms with Gasteiger partial charge in [-0.3, -0.25) is 4.79 Å². The third-order valence-electron chi connectivity index (χ3n) is 12.2. The molecule has 4 aliphatic carbocycles. The third-order valence-corrected chi connectivity index (χ3v) is 12.2. The van der Waals surface area contributed by atoms with E-state index in [2.05, 4.69) is 0 Å². The Kier molecular flexibility index (Phi) is 4.87. The van der Waals surface area contributed by atoms with E-state index in [0.29, 0.717) is 24.8 Å². The van der Waals surface area contributed by atoms with Crippen LogP contribution in [0.25, 0.3) is 0 Å². The lowest BCUT2D eigenvalue weighted by Gasteiger charge is -2.69. The van der Waals surface area contributed by atoms with Crippen molar-refractivity contribution in [1.29, 1.82) is 0 Å². The Morgan fingerprint density at radius 1 is 1.06 bits per heavy atom. The molecule has 3 saturated carbocycles. The quantitative estimate of drug-likeness (QED) is 0.399. The number of allylic oxidation sites excluding steroid dienone is 1. The van der Waals surface area contributed by atoms with Crippen LogP contribution in [0.1, 0.15) is 66.7 Å². The monoisotopic (exact) mass is 502 g/mol. The molecule has 0 aromatic heterocycles. The SMILES string of the molecule is CC1=C(C)C([C@H]2O[C@@]3(O)CC4C(C[C@@H](O)[C@@]5(O)CC=CC(=O)[C@]45C)C4CC[C@@](O)([C@@H]2C)[C@]43C)OC1=O. The number of fused-ring (bicyclic) bond motifs is 4. The van der Waals surface area contributed by atoms with Crippen molar-refractivity contribution >= 4 is 11.8 Å². The molecule has 0 amide bonds. The summed E-state index contributed by atoms with van der Waals surface area (Å²) in [5.41, 5.74) is -4.08. The van der Waals surface area contributed by atoms with Gasteiger partial charge in [0.05, 0.1) is 22.5 Å². The lowest BCUT2D eigenvalue weighted by Crippen LogP contribution is -2.78. The van der Waals surface area contributed by atoms with Crippen LogP contribution in [0.4, 0.5) is 0 Å². The van der Waals surface area contributed by atoms with Gasteiger partial charge in [0.2, 0.25) is 0 Å². The van der Waals surface area contributed by atoms with Crippen LogP contribution in [0, 0.1) is 34.5 Å². The third kappa shape index (κ3) is 2.44. The van der Waals surface area contributed by atoms with E-state index in [1.807, 2.05) is 20.8 Å². The second kappa shape index (κ2) is 7.08. The van der Waals surface area contributed by atoms with E-state index >= 15 is 0 Å². The molecule has 6 rings (SSSR count). The molecular weight excluding hydrogens is 464 g/mol. The van der Waals surface area contributed by atoms with Crippen molar-refractivity contribution in [2.75, 3.05) is 0 Å². The van der Waals surface area contributed by atoms with Crippen LogP contribution in [0.15, 0.2) is 23.3 Å².